The zero-order valence-corrected chi connectivity index (χ0v) is 15.9. The molecule has 0 saturated heterocycles. The van der Waals surface area contributed by atoms with E-state index in [1.165, 1.54) is 6.92 Å². The van der Waals surface area contributed by atoms with Crippen LogP contribution in [0.15, 0.2) is 48.3 Å². The molecule has 1 aliphatic rings. The van der Waals surface area contributed by atoms with Gasteiger partial charge in [0.05, 0.1) is 11.1 Å². The fourth-order valence-corrected chi connectivity index (χ4v) is 3.12. The van der Waals surface area contributed by atoms with Crippen LogP contribution in [0.2, 0.25) is 5.02 Å². The Morgan fingerprint density at radius 2 is 1.69 bits per heavy atom. The molecule has 4 nitrogen and oxygen atoms in total. The number of Topliss-reactive ketones (excluding diaryl/α,β-unsaturated/α-hetero) is 1. The molecule has 2 aromatic rings. The van der Waals surface area contributed by atoms with Gasteiger partial charge in [0.2, 0.25) is 5.88 Å². The van der Waals surface area contributed by atoms with Crippen molar-refractivity contribution in [3.63, 3.8) is 0 Å². The molecule has 0 radical (unpaired) electrons. The lowest BCUT2D eigenvalue weighted by molar-refractivity contribution is -0.137. The van der Waals surface area contributed by atoms with Crippen LogP contribution in [0, 0.1) is 6.92 Å². The maximum atomic E-state index is 12.9. The van der Waals surface area contributed by atoms with Crippen LogP contribution in [-0.2, 0) is 14.3 Å². The molecule has 5 heteroatoms. The van der Waals surface area contributed by atoms with E-state index in [0.29, 0.717) is 10.6 Å². The van der Waals surface area contributed by atoms with E-state index in [9.17, 15) is 9.59 Å². The molecule has 0 atom stereocenters. The molecule has 1 aliphatic heterocycles. The Labute approximate surface area is 157 Å². The van der Waals surface area contributed by atoms with E-state index < -0.39 is 11.5 Å². The van der Waals surface area contributed by atoms with Crippen LogP contribution in [0.4, 0.5) is 0 Å². The van der Waals surface area contributed by atoms with Crippen LogP contribution in [0.1, 0.15) is 31.9 Å². The lowest BCUT2D eigenvalue weighted by Gasteiger charge is -2.17. The molecular weight excluding hydrogens is 350 g/mol. The summed E-state index contributed by atoms with van der Waals surface area (Å²) in [6, 6.07) is 13.4. The van der Waals surface area contributed by atoms with E-state index in [1.807, 2.05) is 49.4 Å². The minimum atomic E-state index is -0.831. The van der Waals surface area contributed by atoms with Crippen LogP contribution in [0.25, 0.3) is 16.7 Å². The summed E-state index contributed by atoms with van der Waals surface area (Å²) in [5, 5.41) is 3.69. The highest BCUT2D eigenvalue weighted by Gasteiger charge is 2.42. The van der Waals surface area contributed by atoms with Gasteiger partial charge in [0.15, 0.2) is 5.78 Å². The molecule has 0 aromatic heterocycles. The third-order valence-electron chi connectivity index (χ3n) is 4.38. The van der Waals surface area contributed by atoms with Gasteiger partial charge in [0.25, 0.3) is 0 Å². The molecule has 2 aromatic carbocycles. The summed E-state index contributed by atoms with van der Waals surface area (Å²) in [5.74, 6) is -0.365. The average molecular weight is 370 g/mol. The van der Waals surface area contributed by atoms with Crippen LogP contribution in [-0.4, -0.2) is 17.3 Å². The Hall–Kier alpha value is -2.59. The normalized spacial score (nSPS) is 15.8. The quantitative estimate of drug-likeness (QED) is 0.809. The first-order valence-electron chi connectivity index (χ1n) is 8.31. The van der Waals surface area contributed by atoms with Crippen LogP contribution in [0.5, 0.6) is 0 Å². The van der Waals surface area contributed by atoms with E-state index in [4.69, 9.17) is 16.3 Å². The lowest BCUT2D eigenvalue weighted by atomic mass is 9.89. The second kappa shape index (κ2) is 6.61. The van der Waals surface area contributed by atoms with Gasteiger partial charge in [-0.3, -0.25) is 9.59 Å². The number of benzene rings is 2. The summed E-state index contributed by atoms with van der Waals surface area (Å²) in [7, 11) is 0. The van der Waals surface area contributed by atoms with E-state index in [1.54, 1.807) is 13.8 Å². The van der Waals surface area contributed by atoms with Crippen molar-refractivity contribution < 1.29 is 14.3 Å². The second-order valence-corrected chi connectivity index (χ2v) is 7.35. The van der Waals surface area contributed by atoms with Gasteiger partial charge in [-0.1, -0.05) is 35.9 Å². The van der Waals surface area contributed by atoms with Crippen molar-refractivity contribution in [3.05, 3.63) is 64.5 Å². The second-order valence-electron chi connectivity index (χ2n) is 6.91. The van der Waals surface area contributed by atoms with E-state index in [0.717, 1.165) is 22.3 Å². The summed E-state index contributed by atoms with van der Waals surface area (Å²) >= 11 is 5.97. The topological polar surface area (TPSA) is 55.4 Å². The van der Waals surface area contributed by atoms with Gasteiger partial charge in [-0.2, -0.15) is 0 Å². The molecule has 0 fully saturated rings. The smallest absolute Gasteiger partial charge is 0.309 e. The molecule has 0 amide bonds. The van der Waals surface area contributed by atoms with Gasteiger partial charge < -0.3 is 10.1 Å². The Bertz CT molecular complexity index is 927. The lowest BCUT2D eigenvalue weighted by Crippen LogP contribution is -2.40. The molecule has 0 aliphatic carbocycles. The predicted octanol–water partition coefficient (Wildman–Crippen LogP) is 4.50. The highest BCUT2D eigenvalue weighted by atomic mass is 35.5. The number of esters is 1. The Balaban J connectivity index is 2.14. The summed E-state index contributed by atoms with van der Waals surface area (Å²) in [6.45, 7) is 6.78. The third-order valence-corrected chi connectivity index (χ3v) is 4.63. The Kier molecular flexibility index (Phi) is 4.63. The van der Waals surface area contributed by atoms with Crippen molar-refractivity contribution in [1.29, 1.82) is 0 Å². The first kappa shape index (κ1) is 18.2. The van der Waals surface area contributed by atoms with E-state index >= 15 is 0 Å². The number of hydrogen-bond acceptors (Lipinski definition) is 4. The minimum Gasteiger partial charge on any atom is -0.409 e. The molecule has 0 unspecified atom stereocenters. The number of nitrogens with one attached hydrogen (secondary N) is 1. The zero-order chi connectivity index (χ0) is 19.1. The SMILES string of the molecule is CC(=O)OC1=C(c2cc(-c3ccc(Cl)cc3)ccc2C)C(=O)C(C)(C)N1. The fraction of sp³-hybridized carbons (Fsp3) is 0.238. The molecular formula is C21H20ClNO3. The van der Waals surface area contributed by atoms with Crippen molar-refractivity contribution in [1.82, 2.24) is 5.32 Å². The number of hydrogen-bond donors (Lipinski definition) is 1. The van der Waals surface area contributed by atoms with Crippen molar-refractivity contribution in [3.8, 4) is 11.1 Å². The number of halogens is 1. The van der Waals surface area contributed by atoms with Crippen LogP contribution < -0.4 is 5.32 Å². The highest BCUT2D eigenvalue weighted by molar-refractivity contribution is 6.30. The monoisotopic (exact) mass is 369 g/mol. The predicted molar refractivity (Wildman–Crippen MR) is 103 cm³/mol. The Morgan fingerprint density at radius 3 is 2.31 bits per heavy atom. The molecule has 0 saturated carbocycles. The highest BCUT2D eigenvalue weighted by Crippen LogP contribution is 2.35. The molecule has 3 rings (SSSR count). The van der Waals surface area contributed by atoms with Crippen molar-refractivity contribution in [2.24, 2.45) is 0 Å². The molecule has 1 heterocycles. The number of rotatable bonds is 3. The zero-order valence-electron chi connectivity index (χ0n) is 15.1. The maximum Gasteiger partial charge on any atom is 0.309 e. The first-order chi connectivity index (χ1) is 12.2. The van der Waals surface area contributed by atoms with Gasteiger partial charge in [-0.05, 0) is 61.2 Å². The summed E-state index contributed by atoms with van der Waals surface area (Å²) in [5.41, 5.74) is 3.19. The summed E-state index contributed by atoms with van der Waals surface area (Å²) in [6.07, 6.45) is 0. The van der Waals surface area contributed by atoms with Crippen LogP contribution in [0.3, 0.4) is 0 Å². The van der Waals surface area contributed by atoms with Crippen molar-refractivity contribution in [2.45, 2.75) is 33.2 Å². The van der Waals surface area contributed by atoms with Gasteiger partial charge in [-0.15, -0.1) is 0 Å². The standard InChI is InChI=1S/C21H20ClNO3/c1-12-5-6-15(14-7-9-16(22)10-8-14)11-17(12)18-19(25)21(3,4)23-20(18)26-13(2)24/h5-11,23H,1-4H3. The summed E-state index contributed by atoms with van der Waals surface area (Å²) < 4.78 is 5.29. The van der Waals surface area contributed by atoms with Gasteiger partial charge >= 0.3 is 5.97 Å². The van der Waals surface area contributed by atoms with Crippen molar-refractivity contribution >= 4 is 28.9 Å². The van der Waals surface area contributed by atoms with Gasteiger partial charge in [-0.25, -0.2) is 0 Å². The largest absolute Gasteiger partial charge is 0.409 e. The number of aryl methyl sites for hydroxylation is 1. The van der Waals surface area contributed by atoms with E-state index in [-0.39, 0.29) is 11.7 Å². The third kappa shape index (κ3) is 3.37. The van der Waals surface area contributed by atoms with Gasteiger partial charge in [0.1, 0.15) is 0 Å². The maximum absolute atomic E-state index is 12.9. The molecule has 1 N–H and O–H groups in total. The molecule has 0 spiro atoms. The number of ether oxygens (including phenoxy) is 1. The van der Waals surface area contributed by atoms with E-state index in [2.05, 4.69) is 5.32 Å². The number of carbonyl (C=O) groups is 2. The first-order valence-corrected chi connectivity index (χ1v) is 8.69. The average Bonchev–Trinajstić information content (AvgIpc) is 2.77. The molecule has 26 heavy (non-hydrogen) atoms. The van der Waals surface area contributed by atoms with Crippen molar-refractivity contribution in [2.75, 3.05) is 0 Å². The number of ketones is 1. The molecule has 0 bridgehead atoms. The Morgan fingerprint density at radius 1 is 1.08 bits per heavy atom. The minimum absolute atomic E-state index is 0.106. The van der Waals surface area contributed by atoms with Gasteiger partial charge in [0, 0.05) is 11.9 Å². The summed E-state index contributed by atoms with van der Waals surface area (Å²) in [4.78, 5) is 24.4. The fourth-order valence-electron chi connectivity index (χ4n) is 3.00. The number of carbonyl (C=O) groups excluding carboxylic acids is 2. The molecule has 134 valence electrons. The van der Waals surface area contributed by atoms with Crippen LogP contribution >= 0.6 is 11.6 Å².